The first kappa shape index (κ1) is 9.27. The zero-order valence-electron chi connectivity index (χ0n) is 2.02. The van der Waals surface area contributed by atoms with Crippen LogP contribution in [0.5, 0.6) is 0 Å². The zero-order valence-corrected chi connectivity index (χ0v) is 2.84. The van der Waals surface area contributed by atoms with Gasteiger partial charge in [0.2, 0.25) is 0 Å². The van der Waals surface area contributed by atoms with Gasteiger partial charge in [-0.25, -0.2) is 4.79 Å². The number of halogens is 1. The summed E-state index contributed by atoms with van der Waals surface area (Å²) in [5.41, 5.74) is 0. The SMILES string of the molecule is C=C=O.Cl. The number of hydrogen-bond donors (Lipinski definition) is 0. The molecular formula is C2H3ClO. The molecule has 0 heterocycles. The van der Waals surface area contributed by atoms with Gasteiger partial charge >= 0.3 is 0 Å². The third-order valence-electron chi connectivity index (χ3n) is 0. The molecule has 0 saturated heterocycles. The number of hydrogen-bond acceptors (Lipinski definition) is 1. The molecule has 1 nitrogen and oxygen atoms in total. The molecule has 0 rings (SSSR count). The van der Waals surface area contributed by atoms with Gasteiger partial charge in [0, 0.05) is 0 Å². The number of carbonyl (C=O) groups excluding carboxylic acids is 1. The molecule has 2 heteroatoms. The molecule has 0 fully saturated rings. The first-order chi connectivity index (χ1) is 1.41. The summed E-state index contributed by atoms with van der Waals surface area (Å²) >= 11 is 0. The van der Waals surface area contributed by atoms with E-state index in [9.17, 15) is 0 Å². The summed E-state index contributed by atoms with van der Waals surface area (Å²) in [5, 5.41) is 0. The minimum Gasteiger partial charge on any atom is -0.234 e. The third-order valence-corrected chi connectivity index (χ3v) is 0. The van der Waals surface area contributed by atoms with Gasteiger partial charge in [0.05, 0.1) is 0 Å². The van der Waals surface area contributed by atoms with Crippen LogP contribution in [0.2, 0.25) is 0 Å². The summed E-state index contributed by atoms with van der Waals surface area (Å²) in [6, 6.07) is 0. The molecule has 0 saturated carbocycles. The molecule has 0 bridgehead atoms. The minimum absolute atomic E-state index is 0. The molecule has 0 unspecified atom stereocenters. The standard InChI is InChI=1S/C2H2O.ClH/c1-2-3;/h1H2;1H. The van der Waals surface area contributed by atoms with Crippen molar-refractivity contribution in [1.29, 1.82) is 0 Å². The maximum absolute atomic E-state index is 8.57. The van der Waals surface area contributed by atoms with Gasteiger partial charge in [-0.3, -0.25) is 0 Å². The van der Waals surface area contributed by atoms with Crippen LogP contribution in [0.3, 0.4) is 0 Å². The highest BCUT2D eigenvalue weighted by Crippen LogP contribution is 0.894. The van der Waals surface area contributed by atoms with Crippen LogP contribution in [-0.2, 0) is 4.79 Å². The summed E-state index contributed by atoms with van der Waals surface area (Å²) in [6.07, 6.45) is 0. The summed E-state index contributed by atoms with van der Waals surface area (Å²) in [6.45, 7) is 2.68. The Hall–Kier alpha value is -0.260. The van der Waals surface area contributed by atoms with Gasteiger partial charge in [0.1, 0.15) is 5.94 Å². The largest absolute Gasteiger partial charge is 0.234 e. The van der Waals surface area contributed by atoms with Gasteiger partial charge in [-0.1, -0.05) is 0 Å². The second-order valence-electron chi connectivity index (χ2n) is 0.144. The van der Waals surface area contributed by atoms with E-state index in [1.165, 1.54) is 5.94 Å². The smallest absolute Gasteiger partial charge is 0.116 e. The van der Waals surface area contributed by atoms with Gasteiger partial charge in [-0.15, -0.1) is 12.4 Å². The molecule has 0 spiro atoms. The van der Waals surface area contributed by atoms with E-state index in [0.29, 0.717) is 0 Å². The molecule has 0 aliphatic heterocycles. The van der Waals surface area contributed by atoms with Gasteiger partial charge in [0.25, 0.3) is 0 Å². The van der Waals surface area contributed by atoms with Crippen molar-refractivity contribution in [2.75, 3.05) is 0 Å². The lowest BCUT2D eigenvalue weighted by Crippen LogP contribution is -1.15. The maximum atomic E-state index is 8.57. The number of rotatable bonds is 0. The second kappa shape index (κ2) is 15.1. The van der Waals surface area contributed by atoms with Crippen LogP contribution >= 0.6 is 12.4 Å². The Kier molecular flexibility index (Phi) is 35.1. The molecule has 0 N–H and O–H groups in total. The van der Waals surface area contributed by atoms with E-state index < -0.39 is 0 Å². The molecule has 24 valence electrons. The second-order valence-corrected chi connectivity index (χ2v) is 0.144. The van der Waals surface area contributed by atoms with E-state index in [2.05, 4.69) is 6.58 Å². The van der Waals surface area contributed by atoms with E-state index in [0.717, 1.165) is 0 Å². The highest BCUT2D eigenvalue weighted by Gasteiger charge is 1.01. The van der Waals surface area contributed by atoms with E-state index >= 15 is 0 Å². The molecule has 0 aromatic carbocycles. The zero-order chi connectivity index (χ0) is 2.71. The molecule has 0 amide bonds. The monoisotopic (exact) mass is 78.0 g/mol. The minimum atomic E-state index is 0. The Labute approximate surface area is 30.7 Å². The van der Waals surface area contributed by atoms with Crippen LogP contribution in [0.25, 0.3) is 0 Å². The predicted octanol–water partition coefficient (Wildman–Crippen LogP) is 0.426. The molecule has 0 aliphatic carbocycles. The topological polar surface area (TPSA) is 17.1 Å². The Morgan fingerprint density at radius 1 is 1.75 bits per heavy atom. The molecule has 0 atom stereocenters. The van der Waals surface area contributed by atoms with Crippen LogP contribution in [0, 0.1) is 0 Å². The Morgan fingerprint density at radius 3 is 1.75 bits per heavy atom. The van der Waals surface area contributed by atoms with Crippen LogP contribution in [-0.4, -0.2) is 5.94 Å². The van der Waals surface area contributed by atoms with E-state index in [-0.39, 0.29) is 12.4 Å². The van der Waals surface area contributed by atoms with E-state index in [1.54, 1.807) is 0 Å². The van der Waals surface area contributed by atoms with Crippen LogP contribution in [0.15, 0.2) is 6.58 Å². The van der Waals surface area contributed by atoms with Crippen molar-refractivity contribution in [1.82, 2.24) is 0 Å². The van der Waals surface area contributed by atoms with Crippen molar-refractivity contribution in [2.24, 2.45) is 0 Å². The van der Waals surface area contributed by atoms with Crippen molar-refractivity contribution in [3.05, 3.63) is 6.58 Å². The van der Waals surface area contributed by atoms with Gasteiger partial charge in [0.15, 0.2) is 0 Å². The predicted molar refractivity (Wildman–Crippen MR) is 18.6 cm³/mol. The van der Waals surface area contributed by atoms with Crippen molar-refractivity contribution in [2.45, 2.75) is 0 Å². The summed E-state index contributed by atoms with van der Waals surface area (Å²) in [4.78, 5) is 8.57. The van der Waals surface area contributed by atoms with E-state index in [1.807, 2.05) is 0 Å². The van der Waals surface area contributed by atoms with Crippen LogP contribution in [0.4, 0.5) is 0 Å². The highest BCUT2D eigenvalue weighted by atomic mass is 35.5. The maximum Gasteiger partial charge on any atom is 0.116 e. The lowest BCUT2D eigenvalue weighted by molar-refractivity contribution is 0.569. The quantitative estimate of drug-likeness (QED) is 0.384. The van der Waals surface area contributed by atoms with Gasteiger partial charge in [-0.2, -0.15) is 0 Å². The van der Waals surface area contributed by atoms with Gasteiger partial charge in [-0.05, 0) is 6.58 Å². The fourth-order valence-corrected chi connectivity index (χ4v) is 0. The lowest BCUT2D eigenvalue weighted by Gasteiger charge is -1.02. The molecule has 0 aromatic rings. The van der Waals surface area contributed by atoms with Crippen molar-refractivity contribution >= 4 is 18.3 Å². The fourth-order valence-electron chi connectivity index (χ4n) is 0. The summed E-state index contributed by atoms with van der Waals surface area (Å²) in [7, 11) is 0. The fraction of sp³-hybridized carbons (Fsp3) is 0. The average Bonchev–Trinajstić information content (AvgIpc) is 0.918. The van der Waals surface area contributed by atoms with Crippen LogP contribution in [0.1, 0.15) is 0 Å². The Morgan fingerprint density at radius 2 is 1.75 bits per heavy atom. The first-order valence-corrected chi connectivity index (χ1v) is 0.558. The van der Waals surface area contributed by atoms with Crippen molar-refractivity contribution < 1.29 is 4.79 Å². The van der Waals surface area contributed by atoms with E-state index in [4.69, 9.17) is 4.79 Å². The molecule has 0 radical (unpaired) electrons. The third kappa shape index (κ3) is 14.1. The van der Waals surface area contributed by atoms with Crippen molar-refractivity contribution in [3.8, 4) is 0 Å². The Bertz CT molecular complexity index is 27.0. The molecule has 4 heavy (non-hydrogen) atoms. The normalized spacial score (nSPS) is 2.00. The first-order valence-electron chi connectivity index (χ1n) is 0.558. The summed E-state index contributed by atoms with van der Waals surface area (Å²) in [5.74, 6) is 1.25. The van der Waals surface area contributed by atoms with Crippen molar-refractivity contribution in [3.63, 3.8) is 0 Å². The molecule has 0 aliphatic rings. The summed E-state index contributed by atoms with van der Waals surface area (Å²) < 4.78 is 0. The van der Waals surface area contributed by atoms with Crippen LogP contribution < -0.4 is 0 Å². The lowest BCUT2D eigenvalue weighted by atomic mass is 11.2. The molecule has 0 aromatic heterocycles. The average molecular weight is 78.5 g/mol. The Balaban J connectivity index is 0. The highest BCUT2D eigenvalue weighted by molar-refractivity contribution is 5.85. The molecular weight excluding hydrogens is 75.5 g/mol. The van der Waals surface area contributed by atoms with Gasteiger partial charge < -0.3 is 0 Å².